The summed E-state index contributed by atoms with van der Waals surface area (Å²) >= 11 is 0. The number of carbonyl (C=O) groups excluding carboxylic acids is 1. The van der Waals surface area contributed by atoms with Gasteiger partial charge < -0.3 is 14.7 Å². The van der Waals surface area contributed by atoms with Crippen LogP contribution in [0.15, 0.2) is 0 Å². The molecule has 0 saturated carbocycles. The molecule has 0 radical (unpaired) electrons. The van der Waals surface area contributed by atoms with Gasteiger partial charge in [0.15, 0.2) is 0 Å². The minimum absolute atomic E-state index is 0.255. The SMILES string of the molecule is CCC[C@@]1(C(=O)O)CCN(C(=O)OC(C)(C)C)C1. The summed E-state index contributed by atoms with van der Waals surface area (Å²) in [5.41, 5.74) is -1.33. The molecule has 104 valence electrons. The molecule has 1 aliphatic rings. The highest BCUT2D eigenvalue weighted by molar-refractivity contribution is 5.78. The predicted molar refractivity (Wildman–Crippen MR) is 67.4 cm³/mol. The first-order chi connectivity index (χ1) is 8.20. The van der Waals surface area contributed by atoms with Gasteiger partial charge in [0.1, 0.15) is 5.60 Å². The van der Waals surface area contributed by atoms with Gasteiger partial charge in [-0.1, -0.05) is 13.3 Å². The third kappa shape index (κ3) is 3.37. The smallest absolute Gasteiger partial charge is 0.410 e. The molecule has 1 heterocycles. The average Bonchev–Trinajstić information content (AvgIpc) is 2.61. The van der Waals surface area contributed by atoms with Gasteiger partial charge in [-0.15, -0.1) is 0 Å². The van der Waals surface area contributed by atoms with Crippen LogP contribution < -0.4 is 0 Å². The van der Waals surface area contributed by atoms with Gasteiger partial charge in [-0.3, -0.25) is 4.79 Å². The summed E-state index contributed by atoms with van der Waals surface area (Å²) in [4.78, 5) is 24.8. The number of carbonyl (C=O) groups is 2. The van der Waals surface area contributed by atoms with E-state index in [4.69, 9.17) is 4.74 Å². The number of likely N-dealkylation sites (tertiary alicyclic amines) is 1. The maximum Gasteiger partial charge on any atom is 0.410 e. The van der Waals surface area contributed by atoms with Crippen LogP contribution >= 0.6 is 0 Å². The minimum Gasteiger partial charge on any atom is -0.481 e. The van der Waals surface area contributed by atoms with Crippen LogP contribution in [0, 0.1) is 5.41 Å². The highest BCUT2D eigenvalue weighted by atomic mass is 16.6. The van der Waals surface area contributed by atoms with Crippen LogP contribution in [0.3, 0.4) is 0 Å². The quantitative estimate of drug-likeness (QED) is 0.843. The third-order valence-corrected chi connectivity index (χ3v) is 3.19. The average molecular weight is 257 g/mol. The second kappa shape index (κ2) is 5.16. The molecular weight excluding hydrogens is 234 g/mol. The van der Waals surface area contributed by atoms with Crippen LogP contribution in [0.2, 0.25) is 0 Å². The van der Waals surface area contributed by atoms with Crippen molar-refractivity contribution < 1.29 is 19.4 Å². The summed E-state index contributed by atoms with van der Waals surface area (Å²) in [7, 11) is 0. The summed E-state index contributed by atoms with van der Waals surface area (Å²) in [5, 5.41) is 9.35. The van der Waals surface area contributed by atoms with Gasteiger partial charge in [-0.05, 0) is 33.6 Å². The van der Waals surface area contributed by atoms with Crippen molar-refractivity contribution in [3.05, 3.63) is 0 Å². The number of ether oxygens (including phenoxy) is 1. The topological polar surface area (TPSA) is 66.8 Å². The van der Waals surface area contributed by atoms with Crippen molar-refractivity contribution in [3.63, 3.8) is 0 Å². The Morgan fingerprint density at radius 1 is 1.39 bits per heavy atom. The minimum atomic E-state index is -0.810. The van der Waals surface area contributed by atoms with E-state index in [1.165, 1.54) is 4.90 Å². The first kappa shape index (κ1) is 14.8. The second-order valence-electron chi connectivity index (χ2n) is 5.99. The van der Waals surface area contributed by atoms with E-state index in [0.29, 0.717) is 19.4 Å². The molecule has 1 rings (SSSR count). The van der Waals surface area contributed by atoms with E-state index in [1.807, 2.05) is 6.92 Å². The fraction of sp³-hybridized carbons (Fsp3) is 0.846. The Morgan fingerprint density at radius 2 is 2.00 bits per heavy atom. The fourth-order valence-electron chi connectivity index (χ4n) is 2.32. The number of amides is 1. The zero-order chi connectivity index (χ0) is 14.0. The summed E-state index contributed by atoms with van der Waals surface area (Å²) in [6, 6.07) is 0. The molecule has 0 aromatic heterocycles. The van der Waals surface area contributed by atoms with E-state index in [2.05, 4.69) is 0 Å². The van der Waals surface area contributed by atoms with Crippen LogP contribution in [0.1, 0.15) is 47.0 Å². The molecule has 5 heteroatoms. The summed E-state index contributed by atoms with van der Waals surface area (Å²) in [6.45, 7) is 8.08. The van der Waals surface area contributed by atoms with Crippen molar-refractivity contribution in [1.29, 1.82) is 0 Å². The van der Waals surface area contributed by atoms with Crippen LogP contribution in [0.5, 0.6) is 0 Å². The number of hydrogen-bond donors (Lipinski definition) is 1. The Balaban J connectivity index is 2.69. The number of aliphatic carboxylic acids is 1. The number of carboxylic acids is 1. The molecule has 0 bridgehead atoms. The molecule has 0 spiro atoms. The number of hydrogen-bond acceptors (Lipinski definition) is 3. The predicted octanol–water partition coefficient (Wildman–Crippen LogP) is 2.50. The molecule has 5 nitrogen and oxygen atoms in total. The van der Waals surface area contributed by atoms with Gasteiger partial charge in [0.05, 0.1) is 5.41 Å². The van der Waals surface area contributed by atoms with Crippen LogP contribution in [0.25, 0.3) is 0 Å². The second-order valence-corrected chi connectivity index (χ2v) is 5.99. The molecule has 1 amide bonds. The Hall–Kier alpha value is -1.26. The van der Waals surface area contributed by atoms with Crippen molar-refractivity contribution >= 4 is 12.1 Å². The molecule has 1 saturated heterocycles. The van der Waals surface area contributed by atoms with Crippen LogP contribution in [-0.4, -0.2) is 40.8 Å². The molecular formula is C13H23NO4. The number of rotatable bonds is 3. The Kier molecular flexibility index (Phi) is 4.24. The van der Waals surface area contributed by atoms with E-state index in [-0.39, 0.29) is 6.54 Å². The monoisotopic (exact) mass is 257 g/mol. The lowest BCUT2D eigenvalue weighted by Gasteiger charge is -2.26. The molecule has 0 unspecified atom stereocenters. The largest absolute Gasteiger partial charge is 0.481 e. The molecule has 1 aliphatic heterocycles. The fourth-order valence-corrected chi connectivity index (χ4v) is 2.32. The highest BCUT2D eigenvalue weighted by Crippen LogP contribution is 2.36. The van der Waals surface area contributed by atoms with Gasteiger partial charge in [-0.2, -0.15) is 0 Å². The van der Waals surface area contributed by atoms with Crippen molar-refractivity contribution in [1.82, 2.24) is 4.90 Å². The van der Waals surface area contributed by atoms with Gasteiger partial charge in [-0.25, -0.2) is 4.79 Å². The molecule has 0 aromatic carbocycles. The van der Waals surface area contributed by atoms with Crippen LogP contribution in [-0.2, 0) is 9.53 Å². The third-order valence-electron chi connectivity index (χ3n) is 3.19. The van der Waals surface area contributed by atoms with E-state index >= 15 is 0 Å². The maximum absolute atomic E-state index is 11.9. The lowest BCUT2D eigenvalue weighted by atomic mass is 9.83. The van der Waals surface area contributed by atoms with E-state index in [9.17, 15) is 14.7 Å². The Morgan fingerprint density at radius 3 is 2.44 bits per heavy atom. The van der Waals surface area contributed by atoms with Crippen molar-refractivity contribution in [2.75, 3.05) is 13.1 Å². The Bertz CT molecular complexity index is 334. The van der Waals surface area contributed by atoms with Crippen molar-refractivity contribution in [3.8, 4) is 0 Å². The molecule has 1 fully saturated rings. The van der Waals surface area contributed by atoms with Crippen molar-refractivity contribution in [2.45, 2.75) is 52.6 Å². The summed E-state index contributed by atoms with van der Waals surface area (Å²) < 4.78 is 5.27. The highest BCUT2D eigenvalue weighted by Gasteiger charge is 2.46. The van der Waals surface area contributed by atoms with E-state index in [0.717, 1.165) is 6.42 Å². The first-order valence-electron chi connectivity index (χ1n) is 6.41. The zero-order valence-corrected chi connectivity index (χ0v) is 11.7. The summed E-state index contributed by atoms with van der Waals surface area (Å²) in [5.74, 6) is -0.810. The Labute approximate surface area is 108 Å². The molecule has 0 aliphatic carbocycles. The lowest BCUT2D eigenvalue weighted by Crippen LogP contribution is -2.39. The van der Waals surface area contributed by atoms with Gasteiger partial charge in [0.2, 0.25) is 0 Å². The zero-order valence-electron chi connectivity index (χ0n) is 11.7. The normalized spacial score (nSPS) is 24.1. The molecule has 1 N–H and O–H groups in total. The standard InChI is InChI=1S/C13H23NO4/c1-5-6-13(10(15)16)7-8-14(9-13)11(17)18-12(2,3)4/h5-9H2,1-4H3,(H,15,16)/t13-/m1/s1. The van der Waals surface area contributed by atoms with E-state index in [1.54, 1.807) is 20.8 Å². The van der Waals surface area contributed by atoms with Gasteiger partial charge >= 0.3 is 12.1 Å². The van der Waals surface area contributed by atoms with Gasteiger partial charge in [0.25, 0.3) is 0 Å². The maximum atomic E-state index is 11.9. The lowest BCUT2D eigenvalue weighted by molar-refractivity contribution is -0.148. The van der Waals surface area contributed by atoms with Crippen molar-refractivity contribution in [2.24, 2.45) is 5.41 Å². The molecule has 1 atom stereocenters. The van der Waals surface area contributed by atoms with Gasteiger partial charge in [0, 0.05) is 13.1 Å². The number of nitrogens with zero attached hydrogens (tertiary/aromatic N) is 1. The first-order valence-corrected chi connectivity index (χ1v) is 6.41. The molecule has 18 heavy (non-hydrogen) atoms. The molecule has 0 aromatic rings. The summed E-state index contributed by atoms with van der Waals surface area (Å²) in [6.07, 6.45) is 1.49. The van der Waals surface area contributed by atoms with E-state index < -0.39 is 23.1 Å². The van der Waals surface area contributed by atoms with Crippen LogP contribution in [0.4, 0.5) is 4.79 Å². The number of carboxylic acid groups (broad SMARTS) is 1.